The molecule has 1 N–H and O–H groups in total. The molecular formula is C15H20O4. The van der Waals surface area contributed by atoms with E-state index in [1.807, 2.05) is 13.0 Å². The molecule has 0 radical (unpaired) electrons. The Hall–Kier alpha value is -1.84. The Labute approximate surface area is 113 Å². The molecule has 4 nitrogen and oxygen atoms in total. The summed E-state index contributed by atoms with van der Waals surface area (Å²) in [5.41, 5.74) is 0.563. The van der Waals surface area contributed by atoms with Crippen molar-refractivity contribution in [3.63, 3.8) is 0 Å². The van der Waals surface area contributed by atoms with E-state index in [1.54, 1.807) is 18.2 Å². The monoisotopic (exact) mass is 264 g/mol. The second-order valence-electron chi connectivity index (χ2n) is 4.46. The summed E-state index contributed by atoms with van der Waals surface area (Å²) in [5.74, 6) is -0.576. The fourth-order valence-electron chi connectivity index (χ4n) is 2.02. The fraction of sp³-hybridized carbons (Fsp3) is 0.467. The Morgan fingerprint density at radius 1 is 1.32 bits per heavy atom. The Bertz CT molecular complexity index is 440. The zero-order chi connectivity index (χ0) is 14.3. The average molecular weight is 264 g/mol. The lowest BCUT2D eigenvalue weighted by molar-refractivity contribution is -0.142. The van der Waals surface area contributed by atoms with Crippen LogP contribution in [0.4, 0.5) is 0 Å². The lowest BCUT2D eigenvalue weighted by Crippen LogP contribution is -2.13. The maximum absolute atomic E-state index is 12.0. The molecule has 0 aliphatic heterocycles. The van der Waals surface area contributed by atoms with E-state index in [0.29, 0.717) is 37.0 Å². The number of ether oxygens (including phenoxy) is 1. The molecule has 0 aliphatic carbocycles. The van der Waals surface area contributed by atoms with Gasteiger partial charge in [-0.25, -0.2) is 0 Å². The minimum absolute atomic E-state index is 0.00214. The molecule has 4 heteroatoms. The van der Waals surface area contributed by atoms with E-state index in [4.69, 9.17) is 9.84 Å². The highest BCUT2D eigenvalue weighted by Crippen LogP contribution is 2.21. The zero-order valence-corrected chi connectivity index (χ0v) is 11.4. The summed E-state index contributed by atoms with van der Waals surface area (Å²) in [4.78, 5) is 22.9. The van der Waals surface area contributed by atoms with Crippen molar-refractivity contribution in [2.24, 2.45) is 5.92 Å². The van der Waals surface area contributed by atoms with Crippen molar-refractivity contribution in [1.82, 2.24) is 0 Å². The van der Waals surface area contributed by atoms with Gasteiger partial charge in [-0.2, -0.15) is 0 Å². The van der Waals surface area contributed by atoms with Gasteiger partial charge in [0, 0.05) is 6.42 Å². The lowest BCUT2D eigenvalue weighted by Gasteiger charge is -2.10. The molecular weight excluding hydrogens is 244 g/mol. The highest BCUT2D eigenvalue weighted by molar-refractivity contribution is 5.98. The number of Topliss-reactive ketones (excluding diaryl/α,β-unsaturated/α-hetero) is 1. The predicted octanol–water partition coefficient (Wildman–Crippen LogP) is 3.16. The molecule has 1 unspecified atom stereocenters. The Balaban J connectivity index is 2.54. The van der Waals surface area contributed by atoms with Crippen molar-refractivity contribution in [1.29, 1.82) is 0 Å². The molecule has 0 heterocycles. The number of rotatable bonds is 8. The summed E-state index contributed by atoms with van der Waals surface area (Å²) >= 11 is 0. The molecule has 0 aromatic heterocycles. The van der Waals surface area contributed by atoms with Gasteiger partial charge >= 0.3 is 5.97 Å². The number of carboxylic acid groups (broad SMARTS) is 1. The normalized spacial score (nSPS) is 11.9. The van der Waals surface area contributed by atoms with Gasteiger partial charge in [0.05, 0.1) is 18.6 Å². The number of methoxy groups -OCH3 is 1. The van der Waals surface area contributed by atoms with Crippen LogP contribution in [-0.2, 0) is 4.79 Å². The van der Waals surface area contributed by atoms with Crippen molar-refractivity contribution >= 4 is 11.8 Å². The zero-order valence-electron chi connectivity index (χ0n) is 11.4. The first kappa shape index (κ1) is 15.2. The number of carbonyl (C=O) groups is 2. The smallest absolute Gasteiger partial charge is 0.306 e. The summed E-state index contributed by atoms with van der Waals surface area (Å²) in [6.07, 6.45) is 2.07. The van der Waals surface area contributed by atoms with Crippen molar-refractivity contribution in [3.05, 3.63) is 29.8 Å². The van der Waals surface area contributed by atoms with Gasteiger partial charge in [0.1, 0.15) is 5.75 Å². The summed E-state index contributed by atoms with van der Waals surface area (Å²) in [5, 5.41) is 8.93. The molecule has 104 valence electrons. The van der Waals surface area contributed by atoms with Crippen LogP contribution in [0.15, 0.2) is 24.3 Å². The highest BCUT2D eigenvalue weighted by Gasteiger charge is 2.16. The van der Waals surface area contributed by atoms with Gasteiger partial charge in [0.2, 0.25) is 0 Å². The first-order valence-electron chi connectivity index (χ1n) is 6.49. The van der Waals surface area contributed by atoms with Crippen LogP contribution in [0.3, 0.4) is 0 Å². The van der Waals surface area contributed by atoms with Gasteiger partial charge in [0.15, 0.2) is 5.78 Å². The fourth-order valence-corrected chi connectivity index (χ4v) is 2.02. The van der Waals surface area contributed by atoms with Crippen LogP contribution in [0.25, 0.3) is 0 Å². The third-order valence-electron chi connectivity index (χ3n) is 3.21. The molecule has 0 saturated heterocycles. The quantitative estimate of drug-likeness (QED) is 0.732. The molecule has 1 rings (SSSR count). The Kier molecular flexibility index (Phi) is 6.06. The predicted molar refractivity (Wildman–Crippen MR) is 72.6 cm³/mol. The number of para-hydroxylation sites is 1. The maximum atomic E-state index is 12.0. The van der Waals surface area contributed by atoms with E-state index in [9.17, 15) is 9.59 Å². The van der Waals surface area contributed by atoms with E-state index in [1.165, 1.54) is 7.11 Å². The topological polar surface area (TPSA) is 63.6 Å². The Morgan fingerprint density at radius 3 is 2.58 bits per heavy atom. The minimum Gasteiger partial charge on any atom is -0.496 e. The number of hydrogen-bond donors (Lipinski definition) is 1. The summed E-state index contributed by atoms with van der Waals surface area (Å²) in [6, 6.07) is 7.09. The summed E-state index contributed by atoms with van der Waals surface area (Å²) in [6.45, 7) is 1.85. The van der Waals surface area contributed by atoms with Crippen LogP contribution in [0.5, 0.6) is 5.75 Å². The van der Waals surface area contributed by atoms with Crippen LogP contribution >= 0.6 is 0 Å². The maximum Gasteiger partial charge on any atom is 0.306 e. The van der Waals surface area contributed by atoms with Crippen LogP contribution in [0.2, 0.25) is 0 Å². The molecule has 0 fully saturated rings. The van der Waals surface area contributed by atoms with E-state index in [0.717, 1.165) is 0 Å². The van der Waals surface area contributed by atoms with Crippen molar-refractivity contribution in [3.8, 4) is 5.75 Å². The first-order chi connectivity index (χ1) is 9.10. The largest absolute Gasteiger partial charge is 0.496 e. The number of carbonyl (C=O) groups excluding carboxylic acids is 1. The van der Waals surface area contributed by atoms with Gasteiger partial charge in [-0.05, 0) is 31.4 Å². The van der Waals surface area contributed by atoms with Gasteiger partial charge < -0.3 is 9.84 Å². The highest BCUT2D eigenvalue weighted by atomic mass is 16.5. The molecule has 0 spiro atoms. The summed E-state index contributed by atoms with van der Waals surface area (Å²) < 4.78 is 5.14. The lowest BCUT2D eigenvalue weighted by atomic mass is 9.97. The number of benzene rings is 1. The van der Waals surface area contributed by atoms with Crippen molar-refractivity contribution < 1.29 is 19.4 Å². The molecule has 0 saturated carbocycles. The molecule has 1 atom stereocenters. The van der Waals surface area contributed by atoms with Crippen LogP contribution in [-0.4, -0.2) is 24.0 Å². The van der Waals surface area contributed by atoms with Gasteiger partial charge in [0.25, 0.3) is 0 Å². The van der Waals surface area contributed by atoms with E-state index < -0.39 is 5.97 Å². The first-order valence-corrected chi connectivity index (χ1v) is 6.49. The van der Waals surface area contributed by atoms with Gasteiger partial charge in [-0.1, -0.05) is 19.1 Å². The third kappa shape index (κ3) is 4.39. The second-order valence-corrected chi connectivity index (χ2v) is 4.46. The number of hydrogen-bond acceptors (Lipinski definition) is 3. The Morgan fingerprint density at radius 2 is 2.00 bits per heavy atom. The van der Waals surface area contributed by atoms with E-state index in [2.05, 4.69) is 0 Å². The second kappa shape index (κ2) is 7.56. The average Bonchev–Trinajstić information content (AvgIpc) is 2.42. The number of ketones is 1. The molecule has 19 heavy (non-hydrogen) atoms. The van der Waals surface area contributed by atoms with Gasteiger partial charge in [-0.15, -0.1) is 0 Å². The number of carboxylic acids is 1. The molecule has 1 aromatic rings. The molecule has 0 bridgehead atoms. The standard InChI is InChI=1S/C15H20O4/c1-3-11(15(17)18)7-6-9-13(16)12-8-4-5-10-14(12)19-2/h4-5,8,10-11H,3,6-7,9H2,1-2H3,(H,17,18). The van der Waals surface area contributed by atoms with Crippen LogP contribution in [0, 0.1) is 5.92 Å². The molecule has 1 aromatic carbocycles. The van der Waals surface area contributed by atoms with E-state index >= 15 is 0 Å². The summed E-state index contributed by atoms with van der Waals surface area (Å²) in [7, 11) is 1.53. The number of aliphatic carboxylic acids is 1. The molecule has 0 amide bonds. The van der Waals surface area contributed by atoms with Gasteiger partial charge in [-0.3, -0.25) is 9.59 Å². The minimum atomic E-state index is -0.785. The van der Waals surface area contributed by atoms with Crippen LogP contribution < -0.4 is 4.74 Å². The SMILES string of the molecule is CCC(CCCC(=O)c1ccccc1OC)C(=O)O. The van der Waals surface area contributed by atoms with Crippen LogP contribution in [0.1, 0.15) is 43.0 Å². The van der Waals surface area contributed by atoms with Crippen molar-refractivity contribution in [2.75, 3.05) is 7.11 Å². The van der Waals surface area contributed by atoms with Crippen molar-refractivity contribution in [2.45, 2.75) is 32.6 Å². The van der Waals surface area contributed by atoms with E-state index in [-0.39, 0.29) is 11.7 Å². The third-order valence-corrected chi connectivity index (χ3v) is 3.21. The molecule has 0 aliphatic rings.